The van der Waals surface area contributed by atoms with Crippen LogP contribution in [0.5, 0.6) is 0 Å². The van der Waals surface area contributed by atoms with Crippen LogP contribution in [0.2, 0.25) is 5.02 Å². The fraction of sp³-hybridized carbons (Fsp3) is 0.143. The van der Waals surface area contributed by atoms with Gasteiger partial charge in [0.05, 0.1) is 5.56 Å². The standard InChI is InChI=1S/C14H14ClN3S/c1-9-6-7-11(13(16)19)14(18-9)17-8-10-4-2-3-5-12(10)15/h2-7H,8H2,1H3,(H2,16,19)(H,17,18). The fourth-order valence-corrected chi connectivity index (χ4v) is 2.08. The number of aromatic nitrogens is 1. The summed E-state index contributed by atoms with van der Waals surface area (Å²) in [5.41, 5.74) is 8.34. The summed E-state index contributed by atoms with van der Waals surface area (Å²) in [4.78, 5) is 4.75. The van der Waals surface area contributed by atoms with Crippen LogP contribution in [0.3, 0.4) is 0 Å². The quantitative estimate of drug-likeness (QED) is 0.849. The third-order valence-corrected chi connectivity index (χ3v) is 3.29. The maximum Gasteiger partial charge on any atom is 0.136 e. The number of benzene rings is 1. The number of halogens is 1. The van der Waals surface area contributed by atoms with Crippen LogP contribution < -0.4 is 11.1 Å². The monoisotopic (exact) mass is 291 g/mol. The second-order valence-electron chi connectivity index (χ2n) is 4.16. The van der Waals surface area contributed by atoms with Gasteiger partial charge in [0, 0.05) is 17.3 Å². The summed E-state index contributed by atoms with van der Waals surface area (Å²) in [6, 6.07) is 11.4. The molecule has 0 radical (unpaired) electrons. The molecular formula is C14H14ClN3S. The molecule has 0 saturated carbocycles. The molecule has 0 atom stereocenters. The molecule has 0 saturated heterocycles. The van der Waals surface area contributed by atoms with Gasteiger partial charge in [-0.25, -0.2) is 4.98 Å². The third-order valence-electron chi connectivity index (χ3n) is 2.70. The predicted octanol–water partition coefficient (Wildman–Crippen LogP) is 3.29. The number of thiocarbonyl (C=S) groups is 1. The van der Waals surface area contributed by atoms with Gasteiger partial charge in [0.25, 0.3) is 0 Å². The molecule has 1 aromatic carbocycles. The second kappa shape index (κ2) is 5.99. The molecule has 2 rings (SSSR count). The number of aryl methyl sites for hydroxylation is 1. The smallest absolute Gasteiger partial charge is 0.136 e. The first-order valence-corrected chi connectivity index (χ1v) is 6.61. The van der Waals surface area contributed by atoms with Crippen molar-refractivity contribution in [1.82, 2.24) is 4.98 Å². The van der Waals surface area contributed by atoms with Gasteiger partial charge in [-0.05, 0) is 30.7 Å². The predicted molar refractivity (Wildman–Crippen MR) is 83.6 cm³/mol. The van der Waals surface area contributed by atoms with Crippen LogP contribution in [0.4, 0.5) is 5.82 Å². The molecule has 1 heterocycles. The molecule has 3 N–H and O–H groups in total. The highest BCUT2D eigenvalue weighted by Crippen LogP contribution is 2.18. The first-order valence-electron chi connectivity index (χ1n) is 5.82. The first-order chi connectivity index (χ1) is 9.08. The topological polar surface area (TPSA) is 50.9 Å². The maximum atomic E-state index is 6.11. The van der Waals surface area contributed by atoms with Crippen molar-refractivity contribution in [3.8, 4) is 0 Å². The van der Waals surface area contributed by atoms with Gasteiger partial charge in [0.15, 0.2) is 0 Å². The highest BCUT2D eigenvalue weighted by atomic mass is 35.5. The van der Waals surface area contributed by atoms with Crippen molar-refractivity contribution >= 4 is 34.6 Å². The van der Waals surface area contributed by atoms with Gasteiger partial charge in [-0.2, -0.15) is 0 Å². The molecule has 0 fully saturated rings. The van der Waals surface area contributed by atoms with Crippen LogP contribution in [0.1, 0.15) is 16.8 Å². The zero-order valence-electron chi connectivity index (χ0n) is 10.5. The lowest BCUT2D eigenvalue weighted by Gasteiger charge is -2.11. The van der Waals surface area contributed by atoms with Crippen molar-refractivity contribution in [2.75, 3.05) is 5.32 Å². The summed E-state index contributed by atoms with van der Waals surface area (Å²) in [6.07, 6.45) is 0. The fourth-order valence-electron chi connectivity index (χ4n) is 1.71. The molecular weight excluding hydrogens is 278 g/mol. The largest absolute Gasteiger partial charge is 0.389 e. The number of hydrogen-bond acceptors (Lipinski definition) is 3. The Morgan fingerprint density at radius 3 is 2.74 bits per heavy atom. The Morgan fingerprint density at radius 1 is 1.32 bits per heavy atom. The summed E-state index contributed by atoms with van der Waals surface area (Å²) >= 11 is 11.1. The van der Waals surface area contributed by atoms with Crippen molar-refractivity contribution in [1.29, 1.82) is 0 Å². The van der Waals surface area contributed by atoms with E-state index in [-0.39, 0.29) is 0 Å². The van der Waals surface area contributed by atoms with Gasteiger partial charge in [-0.1, -0.05) is 42.0 Å². The zero-order chi connectivity index (χ0) is 13.8. The lowest BCUT2D eigenvalue weighted by atomic mass is 10.2. The summed E-state index contributed by atoms with van der Waals surface area (Å²) in [5, 5.41) is 3.95. The molecule has 0 aliphatic rings. The number of hydrogen-bond donors (Lipinski definition) is 2. The van der Waals surface area contributed by atoms with Crippen LogP contribution in [0.25, 0.3) is 0 Å². The lowest BCUT2D eigenvalue weighted by Crippen LogP contribution is -2.15. The normalized spacial score (nSPS) is 10.2. The van der Waals surface area contributed by atoms with E-state index >= 15 is 0 Å². The molecule has 0 amide bonds. The van der Waals surface area contributed by atoms with Crippen molar-refractivity contribution in [3.05, 3.63) is 58.2 Å². The van der Waals surface area contributed by atoms with Gasteiger partial charge in [0.2, 0.25) is 0 Å². The van der Waals surface area contributed by atoms with Gasteiger partial charge in [-0.15, -0.1) is 0 Å². The maximum absolute atomic E-state index is 6.11. The van der Waals surface area contributed by atoms with Gasteiger partial charge in [-0.3, -0.25) is 0 Å². The van der Waals surface area contributed by atoms with Crippen LogP contribution in [0.15, 0.2) is 36.4 Å². The van der Waals surface area contributed by atoms with E-state index in [9.17, 15) is 0 Å². The summed E-state index contributed by atoms with van der Waals surface area (Å²) in [5.74, 6) is 0.687. The molecule has 0 bridgehead atoms. The molecule has 0 aliphatic heterocycles. The Balaban J connectivity index is 2.22. The molecule has 19 heavy (non-hydrogen) atoms. The minimum atomic E-state index is 0.328. The molecule has 1 aromatic heterocycles. The number of nitrogens with zero attached hydrogens (tertiary/aromatic N) is 1. The summed E-state index contributed by atoms with van der Waals surface area (Å²) in [7, 11) is 0. The van der Waals surface area contributed by atoms with E-state index < -0.39 is 0 Å². The summed E-state index contributed by atoms with van der Waals surface area (Å²) in [6.45, 7) is 2.50. The lowest BCUT2D eigenvalue weighted by molar-refractivity contribution is 1.09. The Bertz CT molecular complexity index is 613. The van der Waals surface area contributed by atoms with Crippen molar-refractivity contribution in [2.24, 2.45) is 5.73 Å². The van der Waals surface area contributed by atoms with Crippen molar-refractivity contribution in [3.63, 3.8) is 0 Å². The van der Waals surface area contributed by atoms with E-state index in [2.05, 4.69) is 10.3 Å². The van der Waals surface area contributed by atoms with Gasteiger partial charge < -0.3 is 11.1 Å². The Labute approximate surface area is 122 Å². The second-order valence-corrected chi connectivity index (χ2v) is 5.01. The number of nitrogens with two attached hydrogens (primary N) is 1. The van der Waals surface area contributed by atoms with E-state index in [0.717, 1.165) is 21.8 Å². The van der Waals surface area contributed by atoms with Crippen molar-refractivity contribution in [2.45, 2.75) is 13.5 Å². The Morgan fingerprint density at radius 2 is 2.05 bits per heavy atom. The van der Waals surface area contributed by atoms with Gasteiger partial charge in [0.1, 0.15) is 10.8 Å². The highest BCUT2D eigenvalue weighted by Gasteiger charge is 2.07. The van der Waals surface area contributed by atoms with Gasteiger partial charge >= 0.3 is 0 Å². The van der Waals surface area contributed by atoms with Crippen LogP contribution in [-0.4, -0.2) is 9.97 Å². The molecule has 98 valence electrons. The van der Waals surface area contributed by atoms with E-state index in [0.29, 0.717) is 17.4 Å². The van der Waals surface area contributed by atoms with E-state index in [1.165, 1.54) is 0 Å². The molecule has 0 aliphatic carbocycles. The Hall–Kier alpha value is -1.65. The first kappa shape index (κ1) is 13.8. The number of rotatable bonds is 4. The Kier molecular flexibility index (Phi) is 4.35. The minimum absolute atomic E-state index is 0.328. The third kappa shape index (κ3) is 3.43. The van der Waals surface area contributed by atoms with E-state index in [4.69, 9.17) is 29.6 Å². The summed E-state index contributed by atoms with van der Waals surface area (Å²) < 4.78 is 0. The zero-order valence-corrected chi connectivity index (χ0v) is 12.1. The van der Waals surface area contributed by atoms with Crippen LogP contribution in [-0.2, 0) is 6.54 Å². The average Bonchev–Trinajstić information content (AvgIpc) is 2.37. The minimum Gasteiger partial charge on any atom is -0.389 e. The average molecular weight is 292 g/mol. The molecule has 0 unspecified atom stereocenters. The van der Waals surface area contributed by atoms with Crippen molar-refractivity contribution < 1.29 is 0 Å². The number of pyridine rings is 1. The van der Waals surface area contributed by atoms with E-state index in [1.807, 2.05) is 43.3 Å². The molecule has 5 heteroatoms. The number of anilines is 1. The highest BCUT2D eigenvalue weighted by molar-refractivity contribution is 7.80. The van der Waals surface area contributed by atoms with Crippen LogP contribution >= 0.6 is 23.8 Å². The SMILES string of the molecule is Cc1ccc(C(N)=S)c(NCc2ccccc2Cl)n1. The molecule has 2 aromatic rings. The molecule has 3 nitrogen and oxygen atoms in total. The number of nitrogens with one attached hydrogen (secondary N) is 1. The van der Waals surface area contributed by atoms with Crippen LogP contribution in [0, 0.1) is 6.92 Å². The van der Waals surface area contributed by atoms with E-state index in [1.54, 1.807) is 0 Å². The molecule has 0 spiro atoms.